The molecule has 0 aliphatic carbocycles. The molecule has 1 unspecified atom stereocenters. The molecule has 1 nitrogen and oxygen atoms in total. The van der Waals surface area contributed by atoms with Gasteiger partial charge in [0.05, 0.1) is 6.04 Å². The summed E-state index contributed by atoms with van der Waals surface area (Å²) < 4.78 is 24.7. The minimum absolute atomic E-state index is 0.477. The maximum absolute atomic E-state index is 12.0. The van der Waals surface area contributed by atoms with Crippen molar-refractivity contribution in [2.24, 2.45) is 5.73 Å². The Morgan fingerprint density at radius 2 is 2.09 bits per heavy atom. The number of alkyl halides is 2. The maximum Gasteiger partial charge on any atom is 0.257 e. The third-order valence-corrected chi connectivity index (χ3v) is 3.02. The van der Waals surface area contributed by atoms with Gasteiger partial charge in [0.1, 0.15) is 0 Å². The molecule has 0 spiro atoms. The minimum Gasteiger partial charge on any atom is -0.319 e. The number of hydrogen-bond acceptors (Lipinski definition) is 2. The molecule has 2 N–H and O–H groups in total. The molecular weight excluding hydrogens is 236 g/mol. The first-order valence-corrected chi connectivity index (χ1v) is 4.62. The minimum atomic E-state index is -2.50. The Balaban J connectivity index is 2.84. The van der Waals surface area contributed by atoms with Crippen molar-refractivity contribution in [2.45, 2.75) is 12.5 Å². The second kappa shape index (κ2) is 3.60. The van der Waals surface area contributed by atoms with Gasteiger partial charge in [-0.15, -0.1) is 0 Å². The Morgan fingerprint density at radius 3 is 2.45 bits per heavy atom. The van der Waals surface area contributed by atoms with Gasteiger partial charge in [0, 0.05) is 9.85 Å². The molecule has 1 rings (SSSR count). The first-order chi connectivity index (χ1) is 5.13. The third kappa shape index (κ3) is 1.98. The van der Waals surface area contributed by atoms with Crippen molar-refractivity contribution in [2.75, 3.05) is 0 Å². The van der Waals surface area contributed by atoms with Gasteiger partial charge in [0.2, 0.25) is 0 Å². The van der Waals surface area contributed by atoms with Crippen LogP contribution in [0.25, 0.3) is 0 Å². The van der Waals surface area contributed by atoms with E-state index in [4.69, 9.17) is 5.73 Å². The Hall–Kier alpha value is -0.000000000000000111. The van der Waals surface area contributed by atoms with Gasteiger partial charge in [0.25, 0.3) is 6.43 Å². The number of nitrogens with two attached hydrogens (primary N) is 1. The fraction of sp³-hybridized carbons (Fsp3) is 0.333. The monoisotopic (exact) mass is 241 g/mol. The molecule has 0 bridgehead atoms. The van der Waals surface area contributed by atoms with E-state index in [-0.39, 0.29) is 0 Å². The summed E-state index contributed by atoms with van der Waals surface area (Å²) in [4.78, 5) is 0. The molecule has 0 fully saturated rings. The van der Waals surface area contributed by atoms with Crippen LogP contribution in [-0.4, -0.2) is 6.43 Å². The van der Waals surface area contributed by atoms with E-state index in [9.17, 15) is 8.78 Å². The summed E-state index contributed by atoms with van der Waals surface area (Å²) >= 11 is 4.48. The Morgan fingerprint density at radius 1 is 1.45 bits per heavy atom. The zero-order chi connectivity index (χ0) is 8.43. The first-order valence-electron chi connectivity index (χ1n) is 2.88. The van der Waals surface area contributed by atoms with E-state index in [0.717, 1.165) is 0 Å². The Bertz CT molecular complexity index is 238. The van der Waals surface area contributed by atoms with Gasteiger partial charge >= 0.3 is 0 Å². The highest BCUT2D eigenvalue weighted by molar-refractivity contribution is 9.10. The summed E-state index contributed by atoms with van der Waals surface area (Å²) in [6.07, 6.45) is -2.50. The molecular formula is C6H6BrF2NS. The number of rotatable bonds is 2. The molecule has 5 heteroatoms. The molecule has 0 aromatic carbocycles. The second-order valence-corrected chi connectivity index (χ2v) is 3.63. The zero-order valence-electron chi connectivity index (χ0n) is 5.43. The highest BCUT2D eigenvalue weighted by atomic mass is 79.9. The van der Waals surface area contributed by atoms with Crippen molar-refractivity contribution in [3.05, 3.63) is 20.8 Å². The summed E-state index contributed by atoms with van der Waals surface area (Å²) in [6.45, 7) is 0. The highest BCUT2D eigenvalue weighted by Crippen LogP contribution is 2.28. The van der Waals surface area contributed by atoms with Crippen molar-refractivity contribution in [3.63, 3.8) is 0 Å². The normalized spacial score (nSPS) is 13.9. The average Bonchev–Trinajstić information content (AvgIpc) is 2.33. The van der Waals surface area contributed by atoms with Gasteiger partial charge in [-0.25, -0.2) is 8.78 Å². The SMILES string of the molecule is NC(c1cscc1Br)C(F)F. The summed E-state index contributed by atoms with van der Waals surface area (Å²) in [7, 11) is 0. The van der Waals surface area contributed by atoms with Crippen LogP contribution in [0.1, 0.15) is 11.6 Å². The smallest absolute Gasteiger partial charge is 0.257 e. The molecule has 11 heavy (non-hydrogen) atoms. The molecule has 1 heterocycles. The molecule has 1 atom stereocenters. The van der Waals surface area contributed by atoms with Gasteiger partial charge in [-0.05, 0) is 26.9 Å². The quantitative estimate of drug-likeness (QED) is 0.847. The topological polar surface area (TPSA) is 26.0 Å². The van der Waals surface area contributed by atoms with Crippen LogP contribution in [0.2, 0.25) is 0 Å². The molecule has 0 aliphatic heterocycles. The molecule has 0 radical (unpaired) electrons. The van der Waals surface area contributed by atoms with Crippen molar-refractivity contribution in [1.29, 1.82) is 0 Å². The van der Waals surface area contributed by atoms with Gasteiger partial charge in [-0.3, -0.25) is 0 Å². The van der Waals surface area contributed by atoms with Gasteiger partial charge in [-0.2, -0.15) is 11.3 Å². The molecule has 0 saturated carbocycles. The predicted molar refractivity (Wildman–Crippen MR) is 45.0 cm³/mol. The molecule has 62 valence electrons. The summed E-state index contributed by atoms with van der Waals surface area (Å²) in [5.74, 6) is 0. The molecule has 1 aromatic heterocycles. The third-order valence-electron chi connectivity index (χ3n) is 1.27. The van der Waals surface area contributed by atoms with Crippen molar-refractivity contribution >= 4 is 27.3 Å². The lowest BCUT2D eigenvalue weighted by molar-refractivity contribution is 0.116. The second-order valence-electron chi connectivity index (χ2n) is 2.04. The summed E-state index contributed by atoms with van der Waals surface area (Å²) in [5, 5.41) is 3.36. The van der Waals surface area contributed by atoms with Crippen molar-refractivity contribution in [1.82, 2.24) is 0 Å². The Labute approximate surface area is 75.3 Å². The molecule has 1 aromatic rings. The molecule has 0 saturated heterocycles. The van der Waals surface area contributed by atoms with Crippen LogP contribution in [0.5, 0.6) is 0 Å². The van der Waals surface area contributed by atoms with Crippen LogP contribution in [0.15, 0.2) is 15.2 Å². The van der Waals surface area contributed by atoms with Crippen LogP contribution in [0.4, 0.5) is 8.78 Å². The van der Waals surface area contributed by atoms with E-state index in [1.54, 1.807) is 10.8 Å². The lowest BCUT2D eigenvalue weighted by Gasteiger charge is -2.08. The van der Waals surface area contributed by atoms with Gasteiger partial charge in [0.15, 0.2) is 0 Å². The summed E-state index contributed by atoms with van der Waals surface area (Å²) in [6, 6.07) is -1.17. The average molecular weight is 242 g/mol. The van der Waals surface area contributed by atoms with Crippen LogP contribution in [0, 0.1) is 0 Å². The van der Waals surface area contributed by atoms with Gasteiger partial charge < -0.3 is 5.73 Å². The standard InChI is InChI=1S/C6H6BrF2NS/c7-4-2-11-1-3(4)5(10)6(8)9/h1-2,5-6H,10H2. The van der Waals surface area contributed by atoms with Crippen molar-refractivity contribution < 1.29 is 8.78 Å². The molecule has 0 amide bonds. The van der Waals surface area contributed by atoms with E-state index in [1.807, 2.05) is 0 Å². The molecule has 0 aliphatic rings. The number of hydrogen-bond donors (Lipinski definition) is 1. The maximum atomic E-state index is 12.0. The van der Waals surface area contributed by atoms with E-state index in [2.05, 4.69) is 15.9 Å². The highest BCUT2D eigenvalue weighted by Gasteiger charge is 2.19. The van der Waals surface area contributed by atoms with E-state index in [0.29, 0.717) is 10.0 Å². The number of halogens is 3. The fourth-order valence-corrected chi connectivity index (χ4v) is 2.27. The van der Waals surface area contributed by atoms with E-state index in [1.165, 1.54) is 11.3 Å². The van der Waals surface area contributed by atoms with Crippen LogP contribution < -0.4 is 5.73 Å². The van der Waals surface area contributed by atoms with E-state index < -0.39 is 12.5 Å². The lowest BCUT2D eigenvalue weighted by atomic mass is 10.2. The fourth-order valence-electron chi connectivity index (χ4n) is 0.665. The lowest BCUT2D eigenvalue weighted by Crippen LogP contribution is -2.18. The Kier molecular flexibility index (Phi) is 2.98. The van der Waals surface area contributed by atoms with E-state index >= 15 is 0 Å². The zero-order valence-corrected chi connectivity index (χ0v) is 7.83. The van der Waals surface area contributed by atoms with Crippen LogP contribution in [0.3, 0.4) is 0 Å². The first kappa shape index (κ1) is 9.09. The van der Waals surface area contributed by atoms with Crippen LogP contribution >= 0.6 is 27.3 Å². The number of thiophene rings is 1. The summed E-state index contributed by atoms with van der Waals surface area (Å²) in [5.41, 5.74) is 5.69. The van der Waals surface area contributed by atoms with Crippen molar-refractivity contribution in [3.8, 4) is 0 Å². The largest absolute Gasteiger partial charge is 0.319 e. The predicted octanol–water partition coefficient (Wildman–Crippen LogP) is 2.78. The van der Waals surface area contributed by atoms with Gasteiger partial charge in [-0.1, -0.05) is 0 Å². The van der Waals surface area contributed by atoms with Crippen LogP contribution in [-0.2, 0) is 0 Å².